The van der Waals surface area contributed by atoms with Gasteiger partial charge in [-0.25, -0.2) is 0 Å². The lowest BCUT2D eigenvalue weighted by molar-refractivity contribution is 0.0693. The number of benzene rings is 1. The second-order valence-electron chi connectivity index (χ2n) is 5.29. The molecule has 0 spiro atoms. The molecule has 0 atom stereocenters. The van der Waals surface area contributed by atoms with Crippen LogP contribution in [0.1, 0.15) is 20.7 Å². The van der Waals surface area contributed by atoms with Crippen LogP contribution in [0.4, 0.5) is 0 Å². The van der Waals surface area contributed by atoms with Gasteiger partial charge in [0.2, 0.25) is 0 Å². The highest BCUT2D eigenvalue weighted by molar-refractivity contribution is 9.11. The third kappa shape index (κ3) is 2.42. The second kappa shape index (κ2) is 5.91. The minimum atomic E-state index is -0.244. The predicted molar refractivity (Wildman–Crippen MR) is 105 cm³/mol. The van der Waals surface area contributed by atoms with Crippen LogP contribution in [0.2, 0.25) is 0 Å². The number of hydrogen-bond donors (Lipinski definition) is 0. The number of amides is 2. The molecule has 2 aromatic heterocycles. The summed E-state index contributed by atoms with van der Waals surface area (Å²) in [5.41, 5.74) is 2.61. The first-order chi connectivity index (χ1) is 11.5. The minimum absolute atomic E-state index is 0.244. The molecule has 0 unspecified atom stereocenters. The van der Waals surface area contributed by atoms with Crippen molar-refractivity contribution in [1.82, 2.24) is 4.90 Å². The highest BCUT2D eigenvalue weighted by Gasteiger charge is 2.38. The molecule has 0 saturated carbocycles. The number of rotatable bonds is 2. The topological polar surface area (TPSA) is 37.4 Å². The molecule has 3 aromatic rings. The Bertz CT molecular complexity index is 927. The van der Waals surface area contributed by atoms with Gasteiger partial charge in [0.05, 0.1) is 18.7 Å². The van der Waals surface area contributed by atoms with Crippen LogP contribution >= 0.6 is 54.5 Å². The average molecular weight is 483 g/mol. The minimum Gasteiger partial charge on any atom is -0.277 e. The van der Waals surface area contributed by atoms with Gasteiger partial charge in [0.1, 0.15) is 0 Å². The highest BCUT2D eigenvalue weighted by Crippen LogP contribution is 2.43. The van der Waals surface area contributed by atoms with Gasteiger partial charge in [0.25, 0.3) is 11.8 Å². The fraction of sp³-hybridized carbons (Fsp3) is 0.0588. The zero-order chi connectivity index (χ0) is 17.0. The van der Waals surface area contributed by atoms with Gasteiger partial charge >= 0.3 is 0 Å². The van der Waals surface area contributed by atoms with Gasteiger partial charge in [-0.05, 0) is 56.1 Å². The Balaban J connectivity index is 2.02. The van der Waals surface area contributed by atoms with E-state index in [4.69, 9.17) is 0 Å². The summed E-state index contributed by atoms with van der Waals surface area (Å²) in [6.07, 6.45) is 0. The summed E-state index contributed by atoms with van der Waals surface area (Å²) < 4.78 is 1.98. The molecule has 4 rings (SSSR count). The largest absolute Gasteiger partial charge is 0.277 e. The van der Waals surface area contributed by atoms with Gasteiger partial charge in [0, 0.05) is 27.9 Å². The summed E-state index contributed by atoms with van der Waals surface area (Å²) in [5, 5.41) is 0. The Labute approximate surface area is 163 Å². The maximum atomic E-state index is 12.7. The maximum Gasteiger partial charge on any atom is 0.261 e. The molecular weight excluding hydrogens is 474 g/mol. The van der Waals surface area contributed by atoms with Crippen LogP contribution < -0.4 is 0 Å². The molecule has 2 amide bonds. The third-order valence-corrected chi connectivity index (χ3v) is 7.23. The third-order valence-electron chi connectivity index (χ3n) is 3.92. The molecule has 0 radical (unpaired) electrons. The van der Waals surface area contributed by atoms with Crippen molar-refractivity contribution < 1.29 is 9.59 Å². The Kier molecular flexibility index (Phi) is 3.99. The van der Waals surface area contributed by atoms with E-state index in [1.54, 1.807) is 22.7 Å². The fourth-order valence-electron chi connectivity index (χ4n) is 2.80. The zero-order valence-electron chi connectivity index (χ0n) is 12.3. The summed E-state index contributed by atoms with van der Waals surface area (Å²) in [7, 11) is 1.53. The normalized spacial score (nSPS) is 13.7. The van der Waals surface area contributed by atoms with E-state index >= 15 is 0 Å². The summed E-state index contributed by atoms with van der Waals surface area (Å²) in [5.74, 6) is -0.487. The van der Waals surface area contributed by atoms with E-state index in [-0.39, 0.29) is 11.8 Å². The van der Waals surface area contributed by atoms with Gasteiger partial charge in [0.15, 0.2) is 0 Å². The van der Waals surface area contributed by atoms with Crippen LogP contribution in [0.25, 0.3) is 20.9 Å². The summed E-state index contributed by atoms with van der Waals surface area (Å²) in [6.45, 7) is 0. The highest BCUT2D eigenvalue weighted by atomic mass is 79.9. The van der Waals surface area contributed by atoms with E-state index in [2.05, 4.69) is 31.9 Å². The molecule has 0 bridgehead atoms. The van der Waals surface area contributed by atoms with Crippen molar-refractivity contribution in [3.8, 4) is 20.9 Å². The quantitative estimate of drug-likeness (QED) is 0.426. The molecule has 3 heterocycles. The first-order valence-electron chi connectivity index (χ1n) is 6.98. The lowest BCUT2D eigenvalue weighted by Crippen LogP contribution is -2.24. The molecule has 0 fully saturated rings. The van der Waals surface area contributed by atoms with Crippen LogP contribution in [0, 0.1) is 0 Å². The summed E-state index contributed by atoms with van der Waals surface area (Å²) in [4.78, 5) is 28.5. The Morgan fingerprint density at radius 3 is 1.50 bits per heavy atom. The maximum absolute atomic E-state index is 12.7. The number of imide groups is 1. The molecule has 7 heteroatoms. The van der Waals surface area contributed by atoms with Crippen molar-refractivity contribution in [1.29, 1.82) is 0 Å². The van der Waals surface area contributed by atoms with Crippen LogP contribution in [-0.2, 0) is 0 Å². The summed E-state index contributed by atoms with van der Waals surface area (Å²) in [6, 6.07) is 11.7. The molecule has 24 heavy (non-hydrogen) atoms. The van der Waals surface area contributed by atoms with E-state index in [1.165, 1.54) is 11.9 Å². The molecule has 1 aromatic carbocycles. The van der Waals surface area contributed by atoms with Gasteiger partial charge in [-0.3, -0.25) is 14.5 Å². The monoisotopic (exact) mass is 481 g/mol. The Morgan fingerprint density at radius 1 is 0.750 bits per heavy atom. The molecule has 120 valence electrons. The van der Waals surface area contributed by atoms with Crippen LogP contribution in [0.15, 0.2) is 44.0 Å². The molecule has 0 saturated heterocycles. The predicted octanol–water partition coefficient (Wildman–Crippen LogP) is 5.89. The molecule has 3 nitrogen and oxygen atoms in total. The van der Waals surface area contributed by atoms with Crippen molar-refractivity contribution in [2.24, 2.45) is 0 Å². The van der Waals surface area contributed by atoms with E-state index < -0.39 is 0 Å². The smallest absolute Gasteiger partial charge is 0.261 e. The van der Waals surface area contributed by atoms with Crippen LogP contribution in [0.5, 0.6) is 0 Å². The van der Waals surface area contributed by atoms with Gasteiger partial charge in [-0.1, -0.05) is 12.1 Å². The van der Waals surface area contributed by atoms with Crippen molar-refractivity contribution in [2.75, 3.05) is 7.05 Å². The number of nitrogens with zero attached hydrogens (tertiary/aromatic N) is 1. The van der Waals surface area contributed by atoms with Crippen molar-refractivity contribution in [2.45, 2.75) is 0 Å². The lowest BCUT2D eigenvalue weighted by atomic mass is 9.96. The number of fused-ring (bicyclic) bond motifs is 1. The number of hydrogen-bond acceptors (Lipinski definition) is 4. The van der Waals surface area contributed by atoms with Crippen molar-refractivity contribution in [3.63, 3.8) is 0 Å². The van der Waals surface area contributed by atoms with Crippen molar-refractivity contribution >= 4 is 66.3 Å². The Hall–Kier alpha value is -1.28. The van der Waals surface area contributed by atoms with Crippen LogP contribution in [-0.4, -0.2) is 23.8 Å². The van der Waals surface area contributed by atoms with E-state index in [1.807, 2.05) is 36.4 Å². The Morgan fingerprint density at radius 2 is 1.17 bits per heavy atom. The first kappa shape index (κ1) is 16.2. The number of carbonyl (C=O) groups is 2. The fourth-order valence-corrected chi connectivity index (χ4v) is 5.64. The van der Waals surface area contributed by atoms with E-state index in [9.17, 15) is 9.59 Å². The molecule has 1 aliphatic heterocycles. The standard InChI is InChI=1S/C17H9Br2NO2S2/c1-20-16(21)14-8(10-4-6-12(18)23-10)2-3-9(15(14)17(20)22)11-5-7-13(19)24-11/h2-7H,1H3. The molecule has 0 N–H and O–H groups in total. The van der Waals surface area contributed by atoms with Gasteiger partial charge in [-0.15, -0.1) is 22.7 Å². The molecular formula is C17H9Br2NO2S2. The average Bonchev–Trinajstić information content (AvgIpc) is 3.24. The molecule has 1 aliphatic rings. The number of carbonyl (C=O) groups excluding carboxylic acids is 2. The number of thiophene rings is 2. The van der Waals surface area contributed by atoms with E-state index in [0.717, 1.165) is 28.5 Å². The van der Waals surface area contributed by atoms with Gasteiger partial charge in [-0.2, -0.15) is 0 Å². The van der Waals surface area contributed by atoms with Gasteiger partial charge < -0.3 is 0 Å². The molecule has 0 aliphatic carbocycles. The zero-order valence-corrected chi connectivity index (χ0v) is 17.1. The van der Waals surface area contributed by atoms with Crippen LogP contribution in [0.3, 0.4) is 0 Å². The van der Waals surface area contributed by atoms with E-state index in [0.29, 0.717) is 11.1 Å². The second-order valence-corrected chi connectivity index (χ2v) is 10.2. The lowest BCUT2D eigenvalue weighted by Gasteiger charge is -2.08. The van der Waals surface area contributed by atoms with Crippen molar-refractivity contribution in [3.05, 3.63) is 55.1 Å². The summed E-state index contributed by atoms with van der Waals surface area (Å²) >= 11 is 10.0. The SMILES string of the molecule is CN1C(=O)c2c(-c3ccc(Br)s3)ccc(-c3ccc(Br)s3)c2C1=O. The number of halogens is 2. The first-order valence-corrected chi connectivity index (χ1v) is 10.2.